The largest absolute Gasteiger partial charge is 0.535 e. The molecule has 9 heteroatoms. The standard InChI is InChI=1S/C17H23BN2O6/c19-8-2-1-3-14(21)20-9-12(10-20)25-13-5-4-11-6-7-18(24)26-16(11)15(13)17(22)23/h4-5,12,24H,1-3,6-10,19H2,(H,22,23). The Morgan fingerprint density at radius 1 is 1.35 bits per heavy atom. The number of carbonyl (C=O) groups excluding carboxylic acids is 1. The number of aryl methyl sites for hydroxylation is 1. The Balaban J connectivity index is 1.64. The van der Waals surface area contributed by atoms with Gasteiger partial charge in [-0.1, -0.05) is 6.07 Å². The van der Waals surface area contributed by atoms with Crippen molar-refractivity contribution in [1.82, 2.24) is 4.90 Å². The number of hydrogen-bond acceptors (Lipinski definition) is 6. The lowest BCUT2D eigenvalue weighted by Gasteiger charge is -2.39. The summed E-state index contributed by atoms with van der Waals surface area (Å²) >= 11 is 0. The van der Waals surface area contributed by atoms with Crippen LogP contribution < -0.4 is 15.1 Å². The van der Waals surface area contributed by atoms with Crippen LogP contribution in [0.3, 0.4) is 0 Å². The third-order valence-electron chi connectivity index (χ3n) is 4.67. The fourth-order valence-electron chi connectivity index (χ4n) is 3.19. The summed E-state index contributed by atoms with van der Waals surface area (Å²) in [4.78, 5) is 25.4. The van der Waals surface area contributed by atoms with Crippen molar-refractivity contribution in [2.24, 2.45) is 5.73 Å². The van der Waals surface area contributed by atoms with E-state index < -0.39 is 13.1 Å². The number of benzene rings is 1. The Kier molecular flexibility index (Phi) is 5.68. The van der Waals surface area contributed by atoms with Crippen LogP contribution in [-0.4, -0.2) is 59.8 Å². The number of fused-ring (bicyclic) bond motifs is 1. The third-order valence-corrected chi connectivity index (χ3v) is 4.67. The van der Waals surface area contributed by atoms with Crippen LogP contribution in [0.25, 0.3) is 0 Å². The summed E-state index contributed by atoms with van der Waals surface area (Å²) in [6.07, 6.45) is 2.78. The van der Waals surface area contributed by atoms with Gasteiger partial charge in [0.25, 0.3) is 0 Å². The van der Waals surface area contributed by atoms with Gasteiger partial charge in [-0.2, -0.15) is 0 Å². The lowest BCUT2D eigenvalue weighted by atomic mass is 9.78. The molecule has 4 N–H and O–H groups in total. The van der Waals surface area contributed by atoms with E-state index in [1.54, 1.807) is 17.0 Å². The molecule has 1 amide bonds. The smallest absolute Gasteiger partial charge is 0.522 e. The minimum Gasteiger partial charge on any atom is -0.535 e. The topological polar surface area (TPSA) is 122 Å². The van der Waals surface area contributed by atoms with Gasteiger partial charge in [0.05, 0.1) is 13.1 Å². The summed E-state index contributed by atoms with van der Waals surface area (Å²) < 4.78 is 11.1. The van der Waals surface area contributed by atoms with Gasteiger partial charge >= 0.3 is 13.1 Å². The Labute approximate surface area is 152 Å². The van der Waals surface area contributed by atoms with E-state index in [4.69, 9.17) is 15.1 Å². The second-order valence-electron chi connectivity index (χ2n) is 6.63. The van der Waals surface area contributed by atoms with Crippen LogP contribution >= 0.6 is 0 Å². The van der Waals surface area contributed by atoms with Crippen LogP contribution in [-0.2, 0) is 11.2 Å². The van der Waals surface area contributed by atoms with E-state index in [1.807, 2.05) is 0 Å². The van der Waals surface area contributed by atoms with E-state index in [9.17, 15) is 19.7 Å². The van der Waals surface area contributed by atoms with Gasteiger partial charge in [-0.25, -0.2) is 4.79 Å². The quantitative estimate of drug-likeness (QED) is 0.477. The molecule has 8 nitrogen and oxygen atoms in total. The number of ether oxygens (including phenoxy) is 1. The second-order valence-corrected chi connectivity index (χ2v) is 6.63. The first-order valence-electron chi connectivity index (χ1n) is 8.88. The lowest BCUT2D eigenvalue weighted by Crippen LogP contribution is -2.56. The molecule has 0 aliphatic carbocycles. The van der Waals surface area contributed by atoms with Gasteiger partial charge in [-0.15, -0.1) is 0 Å². The molecule has 1 fully saturated rings. The maximum absolute atomic E-state index is 12.0. The van der Waals surface area contributed by atoms with Crippen LogP contribution in [0.4, 0.5) is 0 Å². The fourth-order valence-corrected chi connectivity index (χ4v) is 3.19. The van der Waals surface area contributed by atoms with Crippen LogP contribution in [0.5, 0.6) is 11.5 Å². The highest BCUT2D eigenvalue weighted by molar-refractivity contribution is 6.44. The monoisotopic (exact) mass is 362 g/mol. The molecule has 0 unspecified atom stereocenters. The van der Waals surface area contributed by atoms with Gasteiger partial charge in [0.1, 0.15) is 23.2 Å². The predicted octanol–water partition coefficient (Wildman–Crippen LogP) is 0.519. The van der Waals surface area contributed by atoms with Crippen LogP contribution in [0.2, 0.25) is 6.32 Å². The summed E-state index contributed by atoms with van der Waals surface area (Å²) in [6.45, 7) is 1.44. The lowest BCUT2D eigenvalue weighted by molar-refractivity contribution is -0.140. The summed E-state index contributed by atoms with van der Waals surface area (Å²) in [7, 11) is -1.01. The average molecular weight is 362 g/mol. The number of carboxylic acids is 1. The molecule has 1 aromatic rings. The average Bonchev–Trinajstić information content (AvgIpc) is 2.56. The SMILES string of the molecule is NCCCCC(=O)N1CC(Oc2ccc3c(c2C(=O)O)OB(O)CC3)C1. The van der Waals surface area contributed by atoms with Crippen molar-refractivity contribution < 1.29 is 29.1 Å². The number of amides is 1. The molecule has 0 spiro atoms. The molecule has 0 bridgehead atoms. The van der Waals surface area contributed by atoms with Crippen molar-refractivity contribution >= 4 is 19.0 Å². The van der Waals surface area contributed by atoms with Gasteiger partial charge in [0.2, 0.25) is 5.91 Å². The molecule has 3 rings (SSSR count). The molecule has 0 radical (unpaired) electrons. The first kappa shape index (κ1) is 18.5. The van der Waals surface area contributed by atoms with E-state index in [0.29, 0.717) is 38.8 Å². The van der Waals surface area contributed by atoms with Gasteiger partial charge in [0, 0.05) is 6.42 Å². The maximum Gasteiger partial charge on any atom is 0.522 e. The van der Waals surface area contributed by atoms with Crippen molar-refractivity contribution in [3.63, 3.8) is 0 Å². The third kappa shape index (κ3) is 3.94. The zero-order chi connectivity index (χ0) is 18.7. The van der Waals surface area contributed by atoms with Crippen LogP contribution in [0.15, 0.2) is 12.1 Å². The first-order valence-corrected chi connectivity index (χ1v) is 8.88. The number of rotatable bonds is 7. The maximum atomic E-state index is 12.0. The number of nitrogens with zero attached hydrogens (tertiary/aromatic N) is 1. The molecule has 0 atom stereocenters. The molecule has 26 heavy (non-hydrogen) atoms. The van der Waals surface area contributed by atoms with E-state index in [-0.39, 0.29) is 29.1 Å². The number of unbranched alkanes of at least 4 members (excludes halogenated alkanes) is 1. The highest BCUT2D eigenvalue weighted by Crippen LogP contribution is 2.37. The summed E-state index contributed by atoms with van der Waals surface area (Å²) in [5.41, 5.74) is 6.09. The Morgan fingerprint density at radius 2 is 2.12 bits per heavy atom. The highest BCUT2D eigenvalue weighted by Gasteiger charge is 2.35. The first-order chi connectivity index (χ1) is 12.5. The Bertz CT molecular complexity index is 692. The zero-order valence-electron chi connectivity index (χ0n) is 14.5. The zero-order valence-corrected chi connectivity index (χ0v) is 14.5. The molecule has 1 aromatic carbocycles. The summed E-state index contributed by atoms with van der Waals surface area (Å²) in [5, 5.41) is 19.2. The Morgan fingerprint density at radius 3 is 2.81 bits per heavy atom. The molecule has 140 valence electrons. The number of aromatic carboxylic acids is 1. The van der Waals surface area contributed by atoms with Crippen molar-refractivity contribution in [2.75, 3.05) is 19.6 Å². The fraction of sp³-hybridized carbons (Fsp3) is 0.529. The van der Waals surface area contributed by atoms with Crippen molar-refractivity contribution in [3.05, 3.63) is 23.3 Å². The number of likely N-dealkylation sites (tertiary alicyclic amines) is 1. The number of nitrogens with two attached hydrogens (primary N) is 1. The molecular weight excluding hydrogens is 339 g/mol. The van der Waals surface area contributed by atoms with E-state index in [1.165, 1.54) is 0 Å². The van der Waals surface area contributed by atoms with Gasteiger partial charge in [-0.05, 0) is 43.8 Å². The molecular formula is C17H23BN2O6. The minimum atomic E-state index is -1.17. The van der Waals surface area contributed by atoms with Crippen molar-refractivity contribution in [1.29, 1.82) is 0 Å². The van der Waals surface area contributed by atoms with E-state index in [2.05, 4.69) is 0 Å². The van der Waals surface area contributed by atoms with E-state index >= 15 is 0 Å². The highest BCUT2D eigenvalue weighted by atomic mass is 16.5. The van der Waals surface area contributed by atoms with Gasteiger partial charge < -0.3 is 30.2 Å². The minimum absolute atomic E-state index is 0.0636. The summed E-state index contributed by atoms with van der Waals surface area (Å²) in [6, 6.07) is 3.38. The Hall–Kier alpha value is -2.26. The molecule has 2 aliphatic rings. The molecule has 2 heterocycles. The second kappa shape index (κ2) is 7.97. The number of carbonyl (C=O) groups is 2. The molecule has 0 saturated carbocycles. The van der Waals surface area contributed by atoms with Gasteiger partial charge in [0.15, 0.2) is 0 Å². The summed E-state index contributed by atoms with van der Waals surface area (Å²) in [5.74, 6) is -0.734. The van der Waals surface area contributed by atoms with E-state index in [0.717, 1.165) is 18.4 Å². The number of hydrogen-bond donors (Lipinski definition) is 3. The molecule has 2 aliphatic heterocycles. The van der Waals surface area contributed by atoms with Crippen LogP contribution in [0.1, 0.15) is 35.2 Å². The van der Waals surface area contributed by atoms with Crippen molar-refractivity contribution in [2.45, 2.75) is 38.1 Å². The normalized spacial score (nSPS) is 16.5. The van der Waals surface area contributed by atoms with Gasteiger partial charge in [-0.3, -0.25) is 4.79 Å². The molecule has 1 saturated heterocycles. The predicted molar refractivity (Wildman–Crippen MR) is 94.4 cm³/mol. The number of carboxylic acid groups (broad SMARTS) is 1. The van der Waals surface area contributed by atoms with Crippen molar-refractivity contribution in [3.8, 4) is 11.5 Å². The molecule has 0 aromatic heterocycles. The van der Waals surface area contributed by atoms with Crippen LogP contribution in [0, 0.1) is 0 Å².